The lowest BCUT2D eigenvalue weighted by molar-refractivity contribution is -0.140. The predicted octanol–water partition coefficient (Wildman–Crippen LogP) is 2.49. The van der Waals surface area contributed by atoms with E-state index < -0.39 is 28.9 Å². The summed E-state index contributed by atoms with van der Waals surface area (Å²) in [6, 6.07) is 6.53. The summed E-state index contributed by atoms with van der Waals surface area (Å²) in [7, 11) is 1.23. The molecule has 0 aliphatic carbocycles. The number of halogens is 1. The van der Waals surface area contributed by atoms with E-state index in [9.17, 15) is 19.1 Å². The molecule has 1 aromatic carbocycles. The highest BCUT2D eigenvalue weighted by Crippen LogP contribution is 2.33. The van der Waals surface area contributed by atoms with Gasteiger partial charge in [-0.3, -0.25) is 9.59 Å². The molecule has 1 heterocycles. The van der Waals surface area contributed by atoms with Gasteiger partial charge in [-0.15, -0.1) is 0 Å². The lowest BCUT2D eigenvalue weighted by atomic mass is 9.92. The van der Waals surface area contributed by atoms with Crippen LogP contribution in [-0.2, 0) is 9.53 Å². The van der Waals surface area contributed by atoms with Crippen molar-refractivity contribution < 1.29 is 23.4 Å². The van der Waals surface area contributed by atoms with Crippen LogP contribution in [0.15, 0.2) is 39.5 Å². The molecule has 0 saturated heterocycles. The molecule has 0 unspecified atom stereocenters. The molecule has 0 fully saturated rings. The first kappa shape index (κ1) is 15.8. The molecule has 1 aromatic heterocycles. The van der Waals surface area contributed by atoms with Crippen LogP contribution in [-0.4, -0.2) is 18.2 Å². The quantitative estimate of drug-likeness (QED) is 0.878. The summed E-state index contributed by atoms with van der Waals surface area (Å²) in [5.74, 6) is -2.03. The van der Waals surface area contributed by atoms with E-state index in [2.05, 4.69) is 4.74 Å². The third-order valence-electron chi connectivity index (χ3n) is 3.26. The second-order valence-electron chi connectivity index (χ2n) is 4.82. The first-order valence-corrected chi connectivity index (χ1v) is 6.58. The first-order valence-electron chi connectivity index (χ1n) is 6.58. The minimum absolute atomic E-state index is 0.0398. The van der Waals surface area contributed by atoms with Crippen molar-refractivity contribution in [3.8, 4) is 5.75 Å². The monoisotopic (exact) mass is 306 g/mol. The number of methoxy groups -OCH3 is 1. The highest BCUT2D eigenvalue weighted by Gasteiger charge is 2.26. The van der Waals surface area contributed by atoms with Gasteiger partial charge in [0.1, 0.15) is 11.6 Å². The number of aryl methyl sites for hydroxylation is 1. The number of esters is 1. The Kier molecular flexibility index (Phi) is 4.60. The number of aromatic hydroxyl groups is 1. The molecule has 1 N–H and O–H groups in total. The average Bonchev–Trinajstić information content (AvgIpc) is 2.49. The van der Waals surface area contributed by atoms with Gasteiger partial charge in [0.2, 0.25) is 11.2 Å². The number of rotatable bonds is 4. The van der Waals surface area contributed by atoms with Gasteiger partial charge in [0.15, 0.2) is 5.76 Å². The molecule has 0 radical (unpaired) electrons. The minimum Gasteiger partial charge on any atom is -0.502 e. The van der Waals surface area contributed by atoms with Gasteiger partial charge in [-0.1, -0.05) is 12.1 Å². The van der Waals surface area contributed by atoms with Crippen molar-refractivity contribution in [2.75, 3.05) is 7.11 Å². The highest BCUT2D eigenvalue weighted by atomic mass is 19.1. The smallest absolute Gasteiger partial charge is 0.306 e. The van der Waals surface area contributed by atoms with Crippen LogP contribution in [0.5, 0.6) is 5.75 Å². The van der Waals surface area contributed by atoms with Crippen LogP contribution in [0, 0.1) is 12.7 Å². The molecule has 6 heteroatoms. The van der Waals surface area contributed by atoms with Gasteiger partial charge < -0.3 is 14.3 Å². The van der Waals surface area contributed by atoms with E-state index >= 15 is 0 Å². The summed E-state index contributed by atoms with van der Waals surface area (Å²) >= 11 is 0. The van der Waals surface area contributed by atoms with Crippen LogP contribution in [0.4, 0.5) is 4.39 Å². The fourth-order valence-corrected chi connectivity index (χ4v) is 2.17. The predicted molar refractivity (Wildman–Crippen MR) is 76.3 cm³/mol. The van der Waals surface area contributed by atoms with Gasteiger partial charge in [0.05, 0.1) is 19.4 Å². The average molecular weight is 306 g/mol. The van der Waals surface area contributed by atoms with E-state index in [4.69, 9.17) is 4.42 Å². The minimum atomic E-state index is -0.749. The third-order valence-corrected chi connectivity index (χ3v) is 3.26. The molecule has 0 spiro atoms. The maximum Gasteiger partial charge on any atom is 0.306 e. The standard InChI is InChI=1S/C16H15FO5/c1-9-7-13(18)15(20)16(22-9)12(8-14(19)21-2)10-3-5-11(17)6-4-10/h3-7,12,20H,8H2,1-2H3/t12-/m0/s1. The van der Waals surface area contributed by atoms with Crippen molar-refractivity contribution >= 4 is 5.97 Å². The van der Waals surface area contributed by atoms with Crippen LogP contribution < -0.4 is 5.43 Å². The fourth-order valence-electron chi connectivity index (χ4n) is 2.17. The van der Waals surface area contributed by atoms with Gasteiger partial charge in [-0.25, -0.2) is 4.39 Å². The maximum atomic E-state index is 13.1. The van der Waals surface area contributed by atoms with E-state index in [1.165, 1.54) is 31.4 Å². The molecule has 0 amide bonds. The highest BCUT2D eigenvalue weighted by molar-refractivity contribution is 5.71. The summed E-state index contributed by atoms with van der Waals surface area (Å²) < 4.78 is 23.1. The number of ether oxygens (including phenoxy) is 1. The fraction of sp³-hybridized carbons (Fsp3) is 0.250. The zero-order valence-electron chi connectivity index (χ0n) is 12.1. The normalized spacial score (nSPS) is 12.0. The number of carbonyl (C=O) groups excluding carboxylic acids is 1. The Labute approximate surface area is 126 Å². The second kappa shape index (κ2) is 6.43. The van der Waals surface area contributed by atoms with E-state index in [1.807, 2.05) is 0 Å². The Bertz CT molecular complexity index is 733. The molecule has 5 nitrogen and oxygen atoms in total. The SMILES string of the molecule is COC(=O)C[C@@H](c1ccc(F)cc1)c1oc(C)cc(=O)c1O. The summed E-state index contributed by atoms with van der Waals surface area (Å²) in [6.45, 7) is 1.56. The zero-order valence-corrected chi connectivity index (χ0v) is 12.1. The van der Waals surface area contributed by atoms with Crippen LogP contribution >= 0.6 is 0 Å². The number of benzene rings is 1. The van der Waals surface area contributed by atoms with Crippen molar-refractivity contribution in [3.63, 3.8) is 0 Å². The van der Waals surface area contributed by atoms with Crippen LogP contribution in [0.25, 0.3) is 0 Å². The lowest BCUT2D eigenvalue weighted by Gasteiger charge is -2.16. The first-order chi connectivity index (χ1) is 10.4. The van der Waals surface area contributed by atoms with E-state index in [0.29, 0.717) is 11.3 Å². The molecule has 0 saturated carbocycles. The van der Waals surface area contributed by atoms with Gasteiger partial charge in [0.25, 0.3) is 0 Å². The van der Waals surface area contributed by atoms with Gasteiger partial charge in [0, 0.05) is 6.07 Å². The van der Waals surface area contributed by atoms with Gasteiger partial charge >= 0.3 is 5.97 Å². The molecular weight excluding hydrogens is 291 g/mol. The van der Waals surface area contributed by atoms with E-state index in [-0.39, 0.29) is 12.2 Å². The topological polar surface area (TPSA) is 76.7 Å². The molecule has 2 aromatic rings. The molecule has 22 heavy (non-hydrogen) atoms. The van der Waals surface area contributed by atoms with Crippen LogP contribution in [0.2, 0.25) is 0 Å². The molecule has 2 rings (SSSR count). The Morgan fingerprint density at radius 3 is 2.59 bits per heavy atom. The summed E-state index contributed by atoms with van der Waals surface area (Å²) in [5, 5.41) is 9.96. The Balaban J connectivity index is 2.56. The van der Waals surface area contributed by atoms with E-state index in [0.717, 1.165) is 6.07 Å². The summed E-state index contributed by atoms with van der Waals surface area (Å²) in [4.78, 5) is 23.3. The number of carbonyl (C=O) groups is 1. The number of hydrogen-bond acceptors (Lipinski definition) is 5. The number of hydrogen-bond donors (Lipinski definition) is 1. The van der Waals surface area contributed by atoms with Crippen molar-refractivity contribution in [3.05, 3.63) is 63.5 Å². The molecule has 0 aliphatic rings. The van der Waals surface area contributed by atoms with Crippen molar-refractivity contribution in [1.29, 1.82) is 0 Å². The Hall–Kier alpha value is -2.63. The molecule has 1 atom stereocenters. The largest absolute Gasteiger partial charge is 0.502 e. The Morgan fingerprint density at radius 1 is 1.36 bits per heavy atom. The van der Waals surface area contributed by atoms with Crippen molar-refractivity contribution in [1.82, 2.24) is 0 Å². The molecular formula is C16H15FO5. The summed E-state index contributed by atoms with van der Waals surface area (Å²) in [6.07, 6.45) is -0.151. The van der Waals surface area contributed by atoms with E-state index in [1.54, 1.807) is 6.92 Å². The molecule has 0 aliphatic heterocycles. The van der Waals surface area contributed by atoms with Crippen LogP contribution in [0.1, 0.15) is 29.4 Å². The molecule has 0 bridgehead atoms. The Morgan fingerprint density at radius 2 is 2.00 bits per heavy atom. The van der Waals surface area contributed by atoms with Crippen LogP contribution in [0.3, 0.4) is 0 Å². The maximum absolute atomic E-state index is 13.1. The van der Waals surface area contributed by atoms with Crippen molar-refractivity contribution in [2.24, 2.45) is 0 Å². The third kappa shape index (κ3) is 3.33. The van der Waals surface area contributed by atoms with Crippen molar-refractivity contribution in [2.45, 2.75) is 19.3 Å². The van der Waals surface area contributed by atoms with Gasteiger partial charge in [-0.05, 0) is 24.6 Å². The second-order valence-corrected chi connectivity index (χ2v) is 4.82. The summed E-state index contributed by atoms with van der Waals surface area (Å²) in [5.41, 5.74) is -0.0772. The molecule has 116 valence electrons. The zero-order chi connectivity index (χ0) is 16.3. The van der Waals surface area contributed by atoms with Gasteiger partial charge in [-0.2, -0.15) is 0 Å². The lowest BCUT2D eigenvalue weighted by Crippen LogP contribution is -2.13.